The van der Waals surface area contributed by atoms with Crippen LogP contribution in [-0.4, -0.2) is 58.7 Å². The van der Waals surface area contributed by atoms with Gasteiger partial charge in [-0.05, 0) is 43.3 Å². The SMILES string of the molecule is CCOc1ccc(C(=O)COC(=O)CNC(=O)c2cc(OC)c(OC)c(OC)c2)cc1. The van der Waals surface area contributed by atoms with Crippen LogP contribution < -0.4 is 24.3 Å². The summed E-state index contributed by atoms with van der Waals surface area (Å²) < 4.78 is 25.9. The molecule has 0 saturated carbocycles. The molecule has 2 aromatic rings. The number of carbonyl (C=O) groups excluding carboxylic acids is 3. The zero-order valence-electron chi connectivity index (χ0n) is 17.9. The Hall–Kier alpha value is -3.75. The summed E-state index contributed by atoms with van der Waals surface area (Å²) in [5, 5.41) is 2.43. The minimum absolute atomic E-state index is 0.202. The second-order valence-electron chi connectivity index (χ2n) is 6.14. The average molecular weight is 431 g/mol. The molecule has 0 aromatic heterocycles. The van der Waals surface area contributed by atoms with Crippen LogP contribution in [0.25, 0.3) is 0 Å². The van der Waals surface area contributed by atoms with Gasteiger partial charge in [0.25, 0.3) is 5.91 Å². The first-order valence-electron chi connectivity index (χ1n) is 9.43. The molecule has 0 heterocycles. The fraction of sp³-hybridized carbons (Fsp3) is 0.318. The molecule has 0 atom stereocenters. The molecule has 9 heteroatoms. The fourth-order valence-electron chi connectivity index (χ4n) is 2.65. The monoisotopic (exact) mass is 431 g/mol. The molecule has 0 aliphatic heterocycles. The van der Waals surface area contributed by atoms with Gasteiger partial charge in [-0.3, -0.25) is 14.4 Å². The van der Waals surface area contributed by atoms with E-state index in [0.29, 0.717) is 35.2 Å². The first kappa shape index (κ1) is 23.5. The number of methoxy groups -OCH3 is 3. The Morgan fingerprint density at radius 3 is 2.00 bits per heavy atom. The molecule has 1 amide bonds. The van der Waals surface area contributed by atoms with Crippen LogP contribution in [0.2, 0.25) is 0 Å². The molecule has 2 rings (SSSR count). The van der Waals surface area contributed by atoms with Crippen LogP contribution in [-0.2, 0) is 9.53 Å². The summed E-state index contributed by atoms with van der Waals surface area (Å²) in [4.78, 5) is 36.4. The van der Waals surface area contributed by atoms with Crippen LogP contribution in [0.15, 0.2) is 36.4 Å². The van der Waals surface area contributed by atoms with Gasteiger partial charge >= 0.3 is 5.97 Å². The molecule has 1 N–H and O–H groups in total. The Balaban J connectivity index is 1.89. The third-order valence-electron chi connectivity index (χ3n) is 4.17. The molecular weight excluding hydrogens is 406 g/mol. The number of carbonyl (C=O) groups is 3. The predicted octanol–water partition coefficient (Wildman–Crippen LogP) is 2.27. The van der Waals surface area contributed by atoms with Crippen molar-refractivity contribution in [3.05, 3.63) is 47.5 Å². The van der Waals surface area contributed by atoms with Crippen molar-refractivity contribution in [1.29, 1.82) is 0 Å². The molecule has 0 fully saturated rings. The van der Waals surface area contributed by atoms with Crippen LogP contribution in [0, 0.1) is 0 Å². The van der Waals surface area contributed by atoms with Crippen molar-refractivity contribution in [3.8, 4) is 23.0 Å². The largest absolute Gasteiger partial charge is 0.494 e. The summed E-state index contributed by atoms with van der Waals surface area (Å²) in [6, 6.07) is 9.42. The van der Waals surface area contributed by atoms with Gasteiger partial charge in [-0.2, -0.15) is 0 Å². The fourth-order valence-corrected chi connectivity index (χ4v) is 2.65. The summed E-state index contributed by atoms with van der Waals surface area (Å²) in [6.45, 7) is 1.53. The van der Waals surface area contributed by atoms with Crippen molar-refractivity contribution in [3.63, 3.8) is 0 Å². The van der Waals surface area contributed by atoms with E-state index in [2.05, 4.69) is 5.32 Å². The molecule has 0 aliphatic carbocycles. The molecule has 0 aliphatic rings. The number of hydrogen-bond acceptors (Lipinski definition) is 8. The highest BCUT2D eigenvalue weighted by molar-refractivity contribution is 5.99. The van der Waals surface area contributed by atoms with Crippen LogP contribution >= 0.6 is 0 Å². The van der Waals surface area contributed by atoms with E-state index >= 15 is 0 Å². The van der Waals surface area contributed by atoms with Crippen LogP contribution in [0.5, 0.6) is 23.0 Å². The molecule has 2 aromatic carbocycles. The van der Waals surface area contributed by atoms with E-state index in [1.807, 2.05) is 6.92 Å². The van der Waals surface area contributed by atoms with Gasteiger partial charge in [-0.1, -0.05) is 0 Å². The minimum Gasteiger partial charge on any atom is -0.494 e. The van der Waals surface area contributed by atoms with E-state index in [9.17, 15) is 14.4 Å². The van der Waals surface area contributed by atoms with Gasteiger partial charge in [-0.25, -0.2) is 0 Å². The predicted molar refractivity (Wildman–Crippen MR) is 111 cm³/mol. The molecule has 0 radical (unpaired) electrons. The van der Waals surface area contributed by atoms with Crippen molar-refractivity contribution in [2.45, 2.75) is 6.92 Å². The van der Waals surface area contributed by atoms with E-state index in [1.165, 1.54) is 33.5 Å². The maximum absolute atomic E-state index is 12.4. The number of ether oxygens (including phenoxy) is 5. The van der Waals surface area contributed by atoms with Gasteiger partial charge < -0.3 is 29.0 Å². The molecule has 166 valence electrons. The highest BCUT2D eigenvalue weighted by Crippen LogP contribution is 2.38. The topological polar surface area (TPSA) is 109 Å². The number of amides is 1. The third-order valence-corrected chi connectivity index (χ3v) is 4.17. The first-order chi connectivity index (χ1) is 14.9. The van der Waals surface area contributed by atoms with Gasteiger partial charge in [0.15, 0.2) is 23.9 Å². The van der Waals surface area contributed by atoms with Gasteiger partial charge in [0.2, 0.25) is 5.75 Å². The number of benzene rings is 2. The van der Waals surface area contributed by atoms with E-state index < -0.39 is 25.0 Å². The normalized spacial score (nSPS) is 10.1. The summed E-state index contributed by atoms with van der Waals surface area (Å²) in [5.41, 5.74) is 0.588. The van der Waals surface area contributed by atoms with E-state index in [-0.39, 0.29) is 11.3 Å². The van der Waals surface area contributed by atoms with Gasteiger partial charge in [0.05, 0.1) is 27.9 Å². The van der Waals surface area contributed by atoms with Gasteiger partial charge in [0, 0.05) is 11.1 Å². The Morgan fingerprint density at radius 2 is 1.48 bits per heavy atom. The number of nitrogens with one attached hydrogen (secondary N) is 1. The smallest absolute Gasteiger partial charge is 0.325 e. The van der Waals surface area contributed by atoms with Crippen molar-refractivity contribution in [2.24, 2.45) is 0 Å². The first-order valence-corrected chi connectivity index (χ1v) is 9.43. The second-order valence-corrected chi connectivity index (χ2v) is 6.14. The van der Waals surface area contributed by atoms with E-state index in [4.69, 9.17) is 23.7 Å². The Bertz CT molecular complexity index is 899. The summed E-state index contributed by atoms with van der Waals surface area (Å²) >= 11 is 0. The lowest BCUT2D eigenvalue weighted by Crippen LogP contribution is -2.31. The standard InChI is InChI=1S/C22H25NO8/c1-5-30-16-8-6-14(7-9-16)17(24)13-31-20(25)12-23-22(26)15-10-18(27-2)21(29-4)19(11-15)28-3/h6-11H,5,12-13H2,1-4H3,(H,23,26). The second kappa shape index (κ2) is 11.4. The van der Waals surface area contributed by atoms with Crippen molar-refractivity contribution in [1.82, 2.24) is 5.32 Å². The van der Waals surface area contributed by atoms with E-state index in [0.717, 1.165) is 0 Å². The Labute approximate surface area is 180 Å². The Morgan fingerprint density at radius 1 is 0.871 bits per heavy atom. The lowest BCUT2D eigenvalue weighted by atomic mass is 10.1. The Kier molecular flexibility index (Phi) is 8.68. The average Bonchev–Trinajstić information content (AvgIpc) is 2.80. The number of rotatable bonds is 11. The van der Waals surface area contributed by atoms with Crippen molar-refractivity contribution >= 4 is 17.7 Å². The maximum atomic E-state index is 12.4. The van der Waals surface area contributed by atoms with Gasteiger partial charge in [0.1, 0.15) is 12.3 Å². The number of Topliss-reactive ketones (excluding diaryl/α,β-unsaturated/α-hetero) is 1. The highest BCUT2D eigenvalue weighted by atomic mass is 16.5. The summed E-state index contributed by atoms with van der Waals surface area (Å²) in [6.07, 6.45) is 0. The summed E-state index contributed by atoms with van der Waals surface area (Å²) in [7, 11) is 4.31. The quantitative estimate of drug-likeness (QED) is 0.426. The number of esters is 1. The molecule has 0 bridgehead atoms. The van der Waals surface area contributed by atoms with Crippen LogP contribution in [0.3, 0.4) is 0 Å². The number of hydrogen-bond donors (Lipinski definition) is 1. The molecule has 0 saturated heterocycles. The van der Waals surface area contributed by atoms with Crippen molar-refractivity contribution < 1.29 is 38.1 Å². The lowest BCUT2D eigenvalue weighted by molar-refractivity contribution is -0.141. The molecular formula is C22H25NO8. The minimum atomic E-state index is -0.750. The lowest BCUT2D eigenvalue weighted by Gasteiger charge is -2.14. The molecule has 0 unspecified atom stereocenters. The molecule has 0 spiro atoms. The highest BCUT2D eigenvalue weighted by Gasteiger charge is 2.18. The van der Waals surface area contributed by atoms with Gasteiger partial charge in [-0.15, -0.1) is 0 Å². The van der Waals surface area contributed by atoms with Crippen molar-refractivity contribution in [2.75, 3.05) is 41.1 Å². The van der Waals surface area contributed by atoms with E-state index in [1.54, 1.807) is 24.3 Å². The summed E-state index contributed by atoms with van der Waals surface area (Å²) in [5.74, 6) is -0.0770. The zero-order valence-corrected chi connectivity index (χ0v) is 17.9. The number of ketones is 1. The van der Waals surface area contributed by atoms with Crippen LogP contribution in [0.1, 0.15) is 27.6 Å². The molecule has 9 nitrogen and oxygen atoms in total. The third kappa shape index (κ3) is 6.36. The van der Waals surface area contributed by atoms with Crippen LogP contribution in [0.4, 0.5) is 0 Å². The maximum Gasteiger partial charge on any atom is 0.325 e. The zero-order chi connectivity index (χ0) is 22.8. The molecule has 31 heavy (non-hydrogen) atoms.